The second kappa shape index (κ2) is 6.91. The van der Waals surface area contributed by atoms with Crippen LogP contribution in [0.5, 0.6) is 0 Å². The molecule has 3 rings (SSSR count). The van der Waals surface area contributed by atoms with Gasteiger partial charge in [0.25, 0.3) is 5.91 Å². The highest BCUT2D eigenvalue weighted by atomic mass is 16.2. The van der Waals surface area contributed by atoms with Crippen molar-refractivity contribution in [3.8, 4) is 11.3 Å². The molecule has 3 aromatic rings. The lowest BCUT2D eigenvalue weighted by Crippen LogP contribution is -2.18. The van der Waals surface area contributed by atoms with Gasteiger partial charge in [-0.2, -0.15) is 10.2 Å². The summed E-state index contributed by atoms with van der Waals surface area (Å²) in [5.74, 6) is -0.328. The summed E-state index contributed by atoms with van der Waals surface area (Å²) < 4.78 is 0. The zero-order valence-corrected chi connectivity index (χ0v) is 13.6. The van der Waals surface area contributed by atoms with Gasteiger partial charge in [-0.1, -0.05) is 54.1 Å². The molecule has 5 nitrogen and oxygen atoms in total. The Morgan fingerprint density at radius 2 is 1.88 bits per heavy atom. The van der Waals surface area contributed by atoms with Crippen molar-refractivity contribution in [2.45, 2.75) is 13.8 Å². The second-order valence-corrected chi connectivity index (χ2v) is 5.59. The topological polar surface area (TPSA) is 70.1 Å². The van der Waals surface area contributed by atoms with Gasteiger partial charge >= 0.3 is 0 Å². The summed E-state index contributed by atoms with van der Waals surface area (Å²) >= 11 is 0. The standard InChI is InChI=1S/C19H18N4O/c1-13-7-9-15(10-8-13)17-11-18(22-21-17)19(24)23-20-12-16-6-4-3-5-14(16)2/h3-12H,1-2H3,(H,21,22)(H,23,24). The molecule has 120 valence electrons. The average molecular weight is 318 g/mol. The number of benzene rings is 2. The third-order valence-electron chi connectivity index (χ3n) is 3.73. The van der Waals surface area contributed by atoms with Crippen molar-refractivity contribution in [3.05, 3.63) is 77.0 Å². The molecule has 2 N–H and O–H groups in total. The van der Waals surface area contributed by atoms with Crippen molar-refractivity contribution in [2.75, 3.05) is 0 Å². The van der Waals surface area contributed by atoms with Gasteiger partial charge in [-0.25, -0.2) is 5.43 Å². The minimum absolute atomic E-state index is 0.328. The number of aromatic amines is 1. The van der Waals surface area contributed by atoms with Crippen LogP contribution in [0.25, 0.3) is 11.3 Å². The number of hydrogen-bond donors (Lipinski definition) is 2. The number of aryl methyl sites for hydroxylation is 2. The van der Waals surface area contributed by atoms with E-state index in [1.807, 2.05) is 62.4 Å². The molecule has 0 unspecified atom stereocenters. The van der Waals surface area contributed by atoms with Crippen LogP contribution < -0.4 is 5.43 Å². The Morgan fingerprint density at radius 1 is 1.12 bits per heavy atom. The Bertz CT molecular complexity index is 878. The number of amides is 1. The molecule has 0 bridgehead atoms. The van der Waals surface area contributed by atoms with Gasteiger partial charge in [0.05, 0.1) is 11.9 Å². The Balaban J connectivity index is 1.68. The quantitative estimate of drug-likeness (QED) is 0.571. The van der Waals surface area contributed by atoms with Gasteiger partial charge in [0.15, 0.2) is 0 Å². The molecule has 0 saturated carbocycles. The minimum Gasteiger partial charge on any atom is -0.272 e. The highest BCUT2D eigenvalue weighted by molar-refractivity contribution is 5.94. The average Bonchev–Trinajstić information content (AvgIpc) is 3.07. The van der Waals surface area contributed by atoms with E-state index < -0.39 is 0 Å². The predicted octanol–water partition coefficient (Wildman–Crippen LogP) is 3.46. The lowest BCUT2D eigenvalue weighted by Gasteiger charge is -1.99. The Hall–Kier alpha value is -3.21. The Labute approximate surface area is 140 Å². The number of carbonyl (C=O) groups is 1. The second-order valence-electron chi connectivity index (χ2n) is 5.59. The molecule has 1 aromatic heterocycles. The number of rotatable bonds is 4. The van der Waals surface area contributed by atoms with Crippen LogP contribution in [0.2, 0.25) is 0 Å². The minimum atomic E-state index is -0.328. The smallest absolute Gasteiger partial charge is 0.272 e. The number of H-pyrrole nitrogens is 1. The maximum absolute atomic E-state index is 12.1. The van der Waals surface area contributed by atoms with Crippen molar-refractivity contribution in [1.29, 1.82) is 0 Å². The van der Waals surface area contributed by atoms with Gasteiger partial charge in [0.2, 0.25) is 0 Å². The normalized spacial score (nSPS) is 10.9. The molecule has 0 aliphatic rings. The van der Waals surface area contributed by atoms with Gasteiger partial charge in [0.1, 0.15) is 5.69 Å². The lowest BCUT2D eigenvalue weighted by molar-refractivity contribution is 0.0950. The van der Waals surface area contributed by atoms with Gasteiger partial charge in [-0.05, 0) is 31.0 Å². The van der Waals surface area contributed by atoms with Crippen LogP contribution >= 0.6 is 0 Å². The molecule has 0 aliphatic heterocycles. The third kappa shape index (κ3) is 3.57. The largest absolute Gasteiger partial charge is 0.289 e. The Morgan fingerprint density at radius 3 is 2.62 bits per heavy atom. The van der Waals surface area contributed by atoms with Crippen molar-refractivity contribution >= 4 is 12.1 Å². The van der Waals surface area contributed by atoms with E-state index in [1.54, 1.807) is 12.3 Å². The van der Waals surface area contributed by atoms with E-state index in [4.69, 9.17) is 0 Å². The molecular formula is C19H18N4O. The van der Waals surface area contributed by atoms with E-state index >= 15 is 0 Å². The number of hydrogen-bond acceptors (Lipinski definition) is 3. The summed E-state index contributed by atoms with van der Waals surface area (Å²) in [5.41, 5.74) is 7.79. The fraction of sp³-hybridized carbons (Fsp3) is 0.105. The number of carbonyl (C=O) groups excluding carboxylic acids is 1. The molecule has 1 amide bonds. The molecule has 2 aromatic carbocycles. The first kappa shape index (κ1) is 15.7. The summed E-state index contributed by atoms with van der Waals surface area (Å²) in [7, 11) is 0. The first-order valence-electron chi connectivity index (χ1n) is 7.65. The molecule has 0 spiro atoms. The SMILES string of the molecule is Cc1ccc(-c2cc(C(=O)NN=Cc3ccccc3C)[nH]n2)cc1. The van der Waals surface area contributed by atoms with Crippen LogP contribution in [0.4, 0.5) is 0 Å². The van der Waals surface area contributed by atoms with Crippen molar-refractivity contribution in [3.63, 3.8) is 0 Å². The van der Waals surface area contributed by atoms with Crippen LogP contribution in [0.15, 0.2) is 59.7 Å². The maximum Gasteiger partial charge on any atom is 0.289 e. The van der Waals surface area contributed by atoms with E-state index in [2.05, 4.69) is 20.7 Å². The molecule has 5 heteroatoms. The van der Waals surface area contributed by atoms with Crippen LogP contribution in [0.3, 0.4) is 0 Å². The Kier molecular flexibility index (Phi) is 4.52. The molecule has 24 heavy (non-hydrogen) atoms. The summed E-state index contributed by atoms with van der Waals surface area (Å²) in [6.45, 7) is 4.02. The molecule has 0 fully saturated rings. The van der Waals surface area contributed by atoms with Crippen molar-refractivity contribution in [2.24, 2.45) is 5.10 Å². The van der Waals surface area contributed by atoms with Crippen molar-refractivity contribution in [1.82, 2.24) is 15.6 Å². The van der Waals surface area contributed by atoms with E-state index in [0.29, 0.717) is 5.69 Å². The van der Waals surface area contributed by atoms with E-state index in [1.165, 1.54) is 5.56 Å². The zero-order valence-electron chi connectivity index (χ0n) is 13.6. The number of aromatic nitrogens is 2. The van der Waals surface area contributed by atoms with Crippen molar-refractivity contribution < 1.29 is 4.79 Å². The third-order valence-corrected chi connectivity index (χ3v) is 3.73. The molecular weight excluding hydrogens is 300 g/mol. The highest BCUT2D eigenvalue weighted by Crippen LogP contribution is 2.18. The summed E-state index contributed by atoms with van der Waals surface area (Å²) in [6.07, 6.45) is 1.63. The summed E-state index contributed by atoms with van der Waals surface area (Å²) in [4.78, 5) is 12.1. The molecule has 1 heterocycles. The number of nitrogens with one attached hydrogen (secondary N) is 2. The fourth-order valence-corrected chi connectivity index (χ4v) is 2.26. The van der Waals surface area contributed by atoms with Gasteiger partial charge in [-0.15, -0.1) is 0 Å². The van der Waals surface area contributed by atoms with Crippen LogP contribution in [0.1, 0.15) is 27.2 Å². The predicted molar refractivity (Wildman–Crippen MR) is 95.0 cm³/mol. The van der Waals surface area contributed by atoms with Gasteiger partial charge < -0.3 is 0 Å². The van der Waals surface area contributed by atoms with E-state index in [0.717, 1.165) is 22.4 Å². The van der Waals surface area contributed by atoms with Crippen LogP contribution in [-0.4, -0.2) is 22.3 Å². The van der Waals surface area contributed by atoms with Crippen LogP contribution in [0, 0.1) is 13.8 Å². The van der Waals surface area contributed by atoms with Gasteiger partial charge in [-0.3, -0.25) is 9.89 Å². The monoisotopic (exact) mass is 318 g/mol. The summed E-state index contributed by atoms with van der Waals surface area (Å²) in [5, 5.41) is 10.9. The van der Waals surface area contributed by atoms with E-state index in [-0.39, 0.29) is 5.91 Å². The van der Waals surface area contributed by atoms with Crippen LogP contribution in [-0.2, 0) is 0 Å². The molecule has 0 radical (unpaired) electrons. The number of hydrazone groups is 1. The fourth-order valence-electron chi connectivity index (χ4n) is 2.26. The first-order chi connectivity index (χ1) is 11.6. The highest BCUT2D eigenvalue weighted by Gasteiger charge is 2.10. The first-order valence-corrected chi connectivity index (χ1v) is 7.65. The molecule has 0 saturated heterocycles. The number of nitrogens with zero attached hydrogens (tertiary/aromatic N) is 2. The summed E-state index contributed by atoms with van der Waals surface area (Å²) in [6, 6.07) is 17.5. The molecule has 0 aliphatic carbocycles. The lowest BCUT2D eigenvalue weighted by atomic mass is 10.1. The zero-order chi connectivity index (χ0) is 16.9. The van der Waals surface area contributed by atoms with E-state index in [9.17, 15) is 4.79 Å². The maximum atomic E-state index is 12.1. The van der Waals surface area contributed by atoms with Gasteiger partial charge in [0, 0.05) is 5.56 Å². The molecule has 0 atom stereocenters.